The van der Waals surface area contributed by atoms with E-state index in [0.717, 1.165) is 24.2 Å². The molecule has 23 heavy (non-hydrogen) atoms. The van der Waals surface area contributed by atoms with Gasteiger partial charge in [0.25, 0.3) is 5.91 Å². The van der Waals surface area contributed by atoms with Crippen molar-refractivity contribution in [2.24, 2.45) is 5.92 Å². The molecule has 1 aliphatic carbocycles. The number of hydrogen-bond acceptors (Lipinski definition) is 3. The molecular formula is C19H21NO3. The monoisotopic (exact) mass is 311 g/mol. The summed E-state index contributed by atoms with van der Waals surface area (Å²) in [5, 5.41) is 0. The minimum absolute atomic E-state index is 0.0709. The molecule has 0 bridgehead atoms. The molecule has 4 heteroatoms. The predicted octanol–water partition coefficient (Wildman–Crippen LogP) is 3.31. The van der Waals surface area contributed by atoms with Crippen molar-refractivity contribution in [3.05, 3.63) is 66.2 Å². The Balaban J connectivity index is 1.43. The van der Waals surface area contributed by atoms with Gasteiger partial charge in [-0.25, -0.2) is 5.48 Å². The second kappa shape index (κ2) is 7.79. The molecule has 1 saturated carbocycles. The maximum Gasteiger partial charge on any atom is 0.251 e. The van der Waals surface area contributed by atoms with Crippen LogP contribution in [0.1, 0.15) is 24.3 Å². The molecular weight excluding hydrogens is 290 g/mol. The SMILES string of the molecule is O=C(NOCCOc1ccccc1)C(c1ccccc1)C1CC1. The molecule has 1 fully saturated rings. The second-order valence-electron chi connectivity index (χ2n) is 5.70. The number of nitrogens with one attached hydrogen (secondary N) is 1. The van der Waals surface area contributed by atoms with Gasteiger partial charge in [-0.15, -0.1) is 0 Å². The average Bonchev–Trinajstić information content (AvgIpc) is 3.42. The molecule has 1 amide bonds. The minimum atomic E-state index is -0.119. The lowest BCUT2D eigenvalue weighted by atomic mass is 9.94. The molecule has 0 radical (unpaired) electrons. The third kappa shape index (κ3) is 4.57. The van der Waals surface area contributed by atoms with Crippen molar-refractivity contribution in [1.82, 2.24) is 5.48 Å². The summed E-state index contributed by atoms with van der Waals surface area (Å²) in [6, 6.07) is 19.4. The summed E-state index contributed by atoms with van der Waals surface area (Å²) in [6.07, 6.45) is 2.20. The Hall–Kier alpha value is -2.33. The molecule has 0 aliphatic heterocycles. The molecule has 1 N–H and O–H groups in total. The van der Waals surface area contributed by atoms with Gasteiger partial charge in [0.05, 0.1) is 5.92 Å². The molecule has 2 aromatic rings. The van der Waals surface area contributed by atoms with Gasteiger partial charge >= 0.3 is 0 Å². The van der Waals surface area contributed by atoms with E-state index >= 15 is 0 Å². The van der Waals surface area contributed by atoms with Crippen LogP contribution in [0.3, 0.4) is 0 Å². The number of para-hydroxylation sites is 1. The average molecular weight is 311 g/mol. The summed E-state index contributed by atoms with van der Waals surface area (Å²) >= 11 is 0. The van der Waals surface area contributed by atoms with Crippen molar-refractivity contribution in [1.29, 1.82) is 0 Å². The van der Waals surface area contributed by atoms with Crippen LogP contribution in [0.4, 0.5) is 0 Å². The van der Waals surface area contributed by atoms with Crippen molar-refractivity contribution in [2.45, 2.75) is 18.8 Å². The number of ether oxygens (including phenoxy) is 1. The van der Waals surface area contributed by atoms with Gasteiger partial charge in [-0.2, -0.15) is 0 Å². The first kappa shape index (κ1) is 15.6. The van der Waals surface area contributed by atoms with Crippen LogP contribution in [0.25, 0.3) is 0 Å². The van der Waals surface area contributed by atoms with E-state index in [-0.39, 0.29) is 11.8 Å². The number of carbonyl (C=O) groups excluding carboxylic acids is 1. The molecule has 1 unspecified atom stereocenters. The van der Waals surface area contributed by atoms with Crippen LogP contribution in [-0.4, -0.2) is 19.1 Å². The second-order valence-corrected chi connectivity index (χ2v) is 5.70. The van der Waals surface area contributed by atoms with E-state index in [1.165, 1.54) is 0 Å². The fraction of sp³-hybridized carbons (Fsp3) is 0.316. The summed E-state index contributed by atoms with van der Waals surface area (Å²) in [6.45, 7) is 0.705. The van der Waals surface area contributed by atoms with E-state index in [1.54, 1.807) is 0 Å². The van der Waals surface area contributed by atoms with Crippen LogP contribution >= 0.6 is 0 Å². The standard InChI is InChI=1S/C19H21NO3/c21-19(18(16-11-12-16)15-7-3-1-4-8-15)20-23-14-13-22-17-9-5-2-6-10-17/h1-10,16,18H,11-14H2,(H,20,21). The van der Waals surface area contributed by atoms with Crippen molar-refractivity contribution in [2.75, 3.05) is 13.2 Å². The van der Waals surface area contributed by atoms with Crippen molar-refractivity contribution >= 4 is 5.91 Å². The topological polar surface area (TPSA) is 47.6 Å². The maximum absolute atomic E-state index is 12.4. The molecule has 0 aromatic heterocycles. The quantitative estimate of drug-likeness (QED) is 0.601. The van der Waals surface area contributed by atoms with Crippen molar-refractivity contribution in [3.63, 3.8) is 0 Å². The number of carbonyl (C=O) groups is 1. The number of hydroxylamine groups is 1. The summed E-state index contributed by atoms with van der Waals surface area (Å²) in [4.78, 5) is 17.7. The molecule has 1 atom stereocenters. The normalized spacial score (nSPS) is 15.0. The number of hydrogen-bond donors (Lipinski definition) is 1. The molecule has 3 rings (SSSR count). The zero-order valence-electron chi connectivity index (χ0n) is 13.0. The van der Waals surface area contributed by atoms with Crippen LogP contribution < -0.4 is 10.2 Å². The smallest absolute Gasteiger partial charge is 0.251 e. The van der Waals surface area contributed by atoms with E-state index in [4.69, 9.17) is 9.57 Å². The first-order valence-electron chi connectivity index (χ1n) is 7.99. The Morgan fingerprint density at radius 3 is 2.30 bits per heavy atom. The zero-order valence-corrected chi connectivity index (χ0v) is 13.0. The highest BCUT2D eigenvalue weighted by atomic mass is 16.7. The van der Waals surface area contributed by atoms with Gasteiger partial charge < -0.3 is 4.74 Å². The van der Waals surface area contributed by atoms with Crippen LogP contribution in [0.15, 0.2) is 60.7 Å². The summed E-state index contributed by atoms with van der Waals surface area (Å²) in [5.41, 5.74) is 3.62. The van der Waals surface area contributed by atoms with E-state index in [9.17, 15) is 4.79 Å². The van der Waals surface area contributed by atoms with Crippen LogP contribution in [-0.2, 0) is 9.63 Å². The van der Waals surface area contributed by atoms with Gasteiger partial charge in [0.2, 0.25) is 0 Å². The van der Waals surface area contributed by atoms with Gasteiger partial charge in [0.1, 0.15) is 19.0 Å². The Kier molecular flexibility index (Phi) is 5.27. The Morgan fingerprint density at radius 2 is 1.65 bits per heavy atom. The Bertz CT molecular complexity index is 611. The molecule has 4 nitrogen and oxygen atoms in total. The van der Waals surface area contributed by atoms with Gasteiger partial charge in [-0.3, -0.25) is 9.63 Å². The van der Waals surface area contributed by atoms with E-state index in [0.29, 0.717) is 19.1 Å². The Labute approximate surface area is 136 Å². The highest BCUT2D eigenvalue weighted by Gasteiger charge is 2.37. The van der Waals surface area contributed by atoms with Crippen LogP contribution in [0.5, 0.6) is 5.75 Å². The predicted molar refractivity (Wildman–Crippen MR) is 87.9 cm³/mol. The third-order valence-electron chi connectivity index (χ3n) is 3.90. The van der Waals surface area contributed by atoms with Crippen LogP contribution in [0.2, 0.25) is 0 Å². The summed E-state index contributed by atoms with van der Waals surface area (Å²) in [7, 11) is 0. The maximum atomic E-state index is 12.4. The summed E-state index contributed by atoms with van der Waals surface area (Å²) < 4.78 is 5.52. The molecule has 120 valence electrons. The van der Waals surface area contributed by atoms with Gasteiger partial charge in [-0.05, 0) is 36.5 Å². The van der Waals surface area contributed by atoms with E-state index < -0.39 is 0 Å². The largest absolute Gasteiger partial charge is 0.491 e. The lowest BCUT2D eigenvalue weighted by Crippen LogP contribution is -2.32. The molecule has 0 heterocycles. The highest BCUT2D eigenvalue weighted by Crippen LogP contribution is 2.42. The zero-order chi connectivity index (χ0) is 15.9. The first-order chi connectivity index (χ1) is 11.3. The number of benzene rings is 2. The lowest BCUT2D eigenvalue weighted by Gasteiger charge is -2.16. The van der Waals surface area contributed by atoms with Gasteiger partial charge in [0, 0.05) is 0 Å². The van der Waals surface area contributed by atoms with Gasteiger partial charge in [0.15, 0.2) is 0 Å². The first-order valence-corrected chi connectivity index (χ1v) is 7.99. The molecule has 0 spiro atoms. The van der Waals surface area contributed by atoms with Gasteiger partial charge in [-0.1, -0.05) is 48.5 Å². The Morgan fingerprint density at radius 1 is 1.00 bits per heavy atom. The fourth-order valence-electron chi connectivity index (χ4n) is 2.63. The third-order valence-corrected chi connectivity index (χ3v) is 3.90. The summed E-state index contributed by atoms with van der Waals surface area (Å²) in [5.74, 6) is 1.04. The number of rotatable bonds is 8. The molecule has 2 aromatic carbocycles. The van der Waals surface area contributed by atoms with E-state index in [1.807, 2.05) is 60.7 Å². The fourth-order valence-corrected chi connectivity index (χ4v) is 2.63. The van der Waals surface area contributed by atoms with E-state index in [2.05, 4.69) is 5.48 Å². The lowest BCUT2D eigenvalue weighted by molar-refractivity contribution is -0.136. The number of amides is 1. The van der Waals surface area contributed by atoms with Crippen LogP contribution in [0, 0.1) is 5.92 Å². The molecule has 1 aliphatic rings. The van der Waals surface area contributed by atoms with Crippen molar-refractivity contribution < 1.29 is 14.4 Å². The highest BCUT2D eigenvalue weighted by molar-refractivity contribution is 5.83. The minimum Gasteiger partial charge on any atom is -0.491 e. The molecule has 0 saturated heterocycles. The van der Waals surface area contributed by atoms with Crippen molar-refractivity contribution in [3.8, 4) is 5.75 Å².